The minimum Gasteiger partial charge on any atom is -0.455 e. The molecule has 2 aromatic heterocycles. The van der Waals surface area contributed by atoms with Gasteiger partial charge in [0.05, 0.1) is 33.3 Å². The van der Waals surface area contributed by atoms with Crippen molar-refractivity contribution in [2.45, 2.75) is 0 Å². The third kappa shape index (κ3) is 4.92. The predicted octanol–water partition coefficient (Wildman–Crippen LogP) is 7.22. The predicted molar refractivity (Wildman–Crippen MR) is 162 cm³/mol. The van der Waals surface area contributed by atoms with Crippen molar-refractivity contribution in [3.63, 3.8) is 0 Å². The first kappa shape index (κ1) is 28.4. The van der Waals surface area contributed by atoms with Gasteiger partial charge in [-0.3, -0.25) is 9.10 Å². The van der Waals surface area contributed by atoms with Crippen LogP contribution in [0.3, 0.4) is 0 Å². The normalized spacial score (nSPS) is 11.8. The van der Waals surface area contributed by atoms with Gasteiger partial charge < -0.3 is 9.73 Å². The highest BCUT2D eigenvalue weighted by atomic mass is 32.2. The summed E-state index contributed by atoms with van der Waals surface area (Å²) in [5.74, 6) is -2.72. The average molecular weight is 622 g/mol. The molecule has 0 spiro atoms. The summed E-state index contributed by atoms with van der Waals surface area (Å²) in [7, 11) is -1.16. The molecule has 6 aromatic rings. The van der Waals surface area contributed by atoms with Gasteiger partial charge in [-0.25, -0.2) is 26.6 Å². The maximum atomic E-state index is 16.4. The number of hydrogen-bond acceptors (Lipinski definition) is 6. The molecule has 6 rings (SSSR count). The maximum absolute atomic E-state index is 16.4. The number of nitrogens with zero attached hydrogens (tertiary/aromatic N) is 2. The topological polar surface area (TPSA) is 92.5 Å². The number of benzene rings is 4. The average Bonchev–Trinajstić information content (AvgIpc) is 3.57. The minimum atomic E-state index is -3.87. The lowest BCUT2D eigenvalue weighted by molar-refractivity contribution is 0.0964. The summed E-state index contributed by atoms with van der Waals surface area (Å²) in [4.78, 5) is 17.5. The summed E-state index contributed by atoms with van der Waals surface area (Å²) >= 11 is 1.12. The van der Waals surface area contributed by atoms with Crippen LogP contribution < -0.4 is 9.62 Å². The fourth-order valence-electron chi connectivity index (χ4n) is 4.88. The molecule has 1 amide bonds. The Balaban J connectivity index is 1.66. The zero-order valence-electron chi connectivity index (χ0n) is 22.9. The number of halogens is 3. The lowest BCUT2D eigenvalue weighted by Gasteiger charge is -2.21. The third-order valence-corrected chi connectivity index (χ3v) is 9.34. The van der Waals surface area contributed by atoms with E-state index in [1.165, 1.54) is 56.6 Å². The molecule has 0 aliphatic heterocycles. The lowest BCUT2D eigenvalue weighted by Crippen LogP contribution is -2.25. The second-order valence-electron chi connectivity index (χ2n) is 9.76. The number of para-hydroxylation sites is 1. The number of carbonyl (C=O) groups is 1. The molecule has 0 aliphatic rings. The Morgan fingerprint density at radius 1 is 0.977 bits per heavy atom. The summed E-state index contributed by atoms with van der Waals surface area (Å²) in [6, 6.07) is 17.5. The van der Waals surface area contributed by atoms with Gasteiger partial charge in [-0.2, -0.15) is 0 Å². The molecule has 7 nitrogen and oxygen atoms in total. The van der Waals surface area contributed by atoms with Crippen LogP contribution in [0.1, 0.15) is 10.4 Å². The number of nitrogens with one attached hydrogen (secondary N) is 1. The van der Waals surface area contributed by atoms with E-state index in [2.05, 4.69) is 10.3 Å². The van der Waals surface area contributed by atoms with Crippen molar-refractivity contribution in [3.8, 4) is 33.0 Å². The van der Waals surface area contributed by atoms with Crippen LogP contribution in [0, 0.1) is 17.5 Å². The Kier molecular flexibility index (Phi) is 6.98. The van der Waals surface area contributed by atoms with Crippen LogP contribution in [0.25, 0.3) is 54.2 Å². The summed E-state index contributed by atoms with van der Waals surface area (Å²) in [6.45, 7) is 0. The Morgan fingerprint density at radius 3 is 2.37 bits per heavy atom. The van der Waals surface area contributed by atoms with Gasteiger partial charge in [-0.15, -0.1) is 11.3 Å². The number of carbonyl (C=O) groups excluding carboxylic acids is 1. The largest absolute Gasteiger partial charge is 0.455 e. The van der Waals surface area contributed by atoms with Crippen LogP contribution in [-0.4, -0.2) is 39.7 Å². The van der Waals surface area contributed by atoms with Crippen molar-refractivity contribution < 1.29 is 30.8 Å². The van der Waals surface area contributed by atoms with Crippen LogP contribution in [0.2, 0.25) is 0 Å². The number of aromatic nitrogens is 1. The Bertz CT molecular complexity index is 2140. The van der Waals surface area contributed by atoms with E-state index in [-0.39, 0.29) is 49.7 Å². The maximum Gasteiger partial charge on any atom is 0.255 e. The van der Waals surface area contributed by atoms with Crippen LogP contribution in [0.4, 0.5) is 18.9 Å². The Hall–Kier alpha value is -4.68. The number of rotatable bonds is 6. The molecule has 0 saturated carbocycles. The monoisotopic (exact) mass is 621 g/mol. The second-order valence-corrected chi connectivity index (χ2v) is 12.8. The van der Waals surface area contributed by atoms with Gasteiger partial charge in [0.2, 0.25) is 10.0 Å². The lowest BCUT2D eigenvalue weighted by atomic mass is 9.96. The summed E-state index contributed by atoms with van der Waals surface area (Å²) in [5.41, 5.74) is 0.784. The molecule has 4 aromatic carbocycles. The van der Waals surface area contributed by atoms with E-state index >= 15 is 8.78 Å². The summed E-state index contributed by atoms with van der Waals surface area (Å²) in [6.07, 6.45) is 0.983. The van der Waals surface area contributed by atoms with E-state index in [1.807, 2.05) is 0 Å². The highest BCUT2D eigenvalue weighted by Crippen LogP contribution is 2.44. The molecule has 0 fully saturated rings. The van der Waals surface area contributed by atoms with Crippen molar-refractivity contribution in [2.24, 2.45) is 0 Å². The van der Waals surface area contributed by atoms with E-state index in [0.29, 0.717) is 11.1 Å². The first-order valence-corrected chi connectivity index (χ1v) is 15.5. The minimum absolute atomic E-state index is 0.0265. The quantitative estimate of drug-likeness (QED) is 0.212. The molecule has 0 radical (unpaired) electrons. The smallest absolute Gasteiger partial charge is 0.255 e. The fraction of sp³-hybridized carbons (Fsp3) is 0.0968. The zero-order chi connectivity index (χ0) is 30.6. The molecule has 218 valence electrons. The number of hydrogen-bond donors (Lipinski definition) is 1. The number of anilines is 1. The van der Waals surface area contributed by atoms with Crippen LogP contribution in [-0.2, 0) is 10.0 Å². The van der Waals surface area contributed by atoms with Crippen molar-refractivity contribution in [3.05, 3.63) is 95.8 Å². The van der Waals surface area contributed by atoms with Gasteiger partial charge in [0, 0.05) is 42.2 Å². The third-order valence-electron chi connectivity index (χ3n) is 7.09. The molecule has 0 saturated heterocycles. The van der Waals surface area contributed by atoms with Crippen LogP contribution in [0.15, 0.2) is 77.2 Å². The van der Waals surface area contributed by atoms with Gasteiger partial charge >= 0.3 is 0 Å². The van der Waals surface area contributed by atoms with Gasteiger partial charge in [-0.05, 0) is 54.6 Å². The molecular weight excluding hydrogens is 599 g/mol. The number of sulfonamides is 1. The molecule has 0 aliphatic carbocycles. The Morgan fingerprint density at radius 2 is 1.70 bits per heavy atom. The van der Waals surface area contributed by atoms with Gasteiger partial charge in [0.25, 0.3) is 5.91 Å². The molecule has 0 unspecified atom stereocenters. The van der Waals surface area contributed by atoms with E-state index in [4.69, 9.17) is 4.42 Å². The van der Waals surface area contributed by atoms with E-state index < -0.39 is 33.4 Å². The fourth-order valence-corrected chi connectivity index (χ4v) is 6.39. The van der Waals surface area contributed by atoms with Gasteiger partial charge in [0.1, 0.15) is 33.8 Å². The highest BCUT2D eigenvalue weighted by Gasteiger charge is 2.28. The van der Waals surface area contributed by atoms with E-state index in [1.54, 1.807) is 24.3 Å². The summed E-state index contributed by atoms with van der Waals surface area (Å²) < 4.78 is 78.4. The number of thiazole rings is 1. The standard InChI is InChI=1S/C31H22F3N3O4S2/c1-35-30(38)26-20-14-19(18-12-13-21(33)27(28(18)34)31-36-22-6-4-5-7-25(22)42-31)23(37(2)43(3,39)40)15-24(20)41-29(26)16-8-10-17(32)11-9-16/h4-15H,1-3H3,(H,35,38). The van der Waals surface area contributed by atoms with E-state index in [0.717, 1.165) is 32.7 Å². The van der Waals surface area contributed by atoms with Crippen LogP contribution >= 0.6 is 11.3 Å². The molecule has 2 heterocycles. The number of furan rings is 1. The van der Waals surface area contributed by atoms with Crippen LogP contribution in [0.5, 0.6) is 0 Å². The molecule has 12 heteroatoms. The molecule has 0 bridgehead atoms. The molecule has 43 heavy (non-hydrogen) atoms. The van der Waals surface area contributed by atoms with E-state index in [9.17, 15) is 17.6 Å². The van der Waals surface area contributed by atoms with Gasteiger partial charge in [0.15, 0.2) is 0 Å². The van der Waals surface area contributed by atoms with Crippen molar-refractivity contribution in [2.75, 3.05) is 24.7 Å². The number of fused-ring (bicyclic) bond motifs is 2. The first-order valence-electron chi connectivity index (χ1n) is 12.8. The summed E-state index contributed by atoms with van der Waals surface area (Å²) in [5, 5.41) is 2.91. The van der Waals surface area contributed by atoms with Crippen molar-refractivity contribution in [1.82, 2.24) is 10.3 Å². The first-order chi connectivity index (χ1) is 20.5. The zero-order valence-corrected chi connectivity index (χ0v) is 24.5. The molecule has 1 N–H and O–H groups in total. The van der Waals surface area contributed by atoms with Crippen molar-refractivity contribution >= 4 is 54.1 Å². The SMILES string of the molecule is CNC(=O)c1c(-c2ccc(F)cc2)oc2cc(N(C)S(C)(=O)=O)c(-c3ccc(F)c(-c4nc5ccccc5s4)c3F)cc12. The second kappa shape index (κ2) is 10.5. The number of amides is 1. The van der Waals surface area contributed by atoms with Gasteiger partial charge in [-0.1, -0.05) is 12.1 Å². The molecule has 0 atom stereocenters. The molecular formula is C31H22F3N3O4S2. The van der Waals surface area contributed by atoms with Crippen molar-refractivity contribution in [1.29, 1.82) is 0 Å². The highest BCUT2D eigenvalue weighted by molar-refractivity contribution is 7.92. The Labute approximate surface area is 248 Å².